The van der Waals surface area contributed by atoms with Gasteiger partial charge in [0, 0.05) is 12.1 Å². The van der Waals surface area contributed by atoms with Crippen LogP contribution in [0.3, 0.4) is 0 Å². The van der Waals surface area contributed by atoms with Crippen molar-refractivity contribution in [3.05, 3.63) is 82.9 Å². The van der Waals surface area contributed by atoms with Crippen LogP contribution < -0.4 is 24.3 Å². The molecule has 3 aromatic carbocycles. The summed E-state index contributed by atoms with van der Waals surface area (Å²) in [5, 5.41) is 2.95. The van der Waals surface area contributed by atoms with Crippen LogP contribution in [0.25, 0.3) is 0 Å². The lowest BCUT2D eigenvalue weighted by Crippen LogP contribution is -2.26. The first-order chi connectivity index (χ1) is 15.5. The highest BCUT2D eigenvalue weighted by molar-refractivity contribution is 5.95. The third-order valence-electron chi connectivity index (χ3n) is 5.06. The summed E-state index contributed by atoms with van der Waals surface area (Å²) in [7, 11) is 4.72. The third-order valence-corrected chi connectivity index (χ3v) is 5.06. The van der Waals surface area contributed by atoms with Gasteiger partial charge in [0.1, 0.15) is 12.4 Å². The Morgan fingerprint density at radius 1 is 0.844 bits per heavy atom. The second-order valence-corrected chi connectivity index (χ2v) is 7.31. The monoisotopic (exact) mass is 435 g/mol. The number of aryl methyl sites for hydroxylation is 1. The number of benzene rings is 3. The van der Waals surface area contributed by atoms with E-state index in [0.717, 1.165) is 22.4 Å². The van der Waals surface area contributed by atoms with Crippen LogP contribution in [-0.2, 0) is 13.0 Å². The molecule has 6 nitrogen and oxygen atoms in total. The van der Waals surface area contributed by atoms with Gasteiger partial charge in [-0.2, -0.15) is 0 Å². The fourth-order valence-electron chi connectivity index (χ4n) is 3.40. The Kier molecular flexibility index (Phi) is 7.97. The van der Waals surface area contributed by atoms with Crippen molar-refractivity contribution in [3.63, 3.8) is 0 Å². The van der Waals surface area contributed by atoms with Crippen LogP contribution in [0.4, 0.5) is 0 Å². The average Bonchev–Trinajstić information content (AvgIpc) is 2.82. The van der Waals surface area contributed by atoms with Gasteiger partial charge >= 0.3 is 0 Å². The second-order valence-electron chi connectivity index (χ2n) is 7.31. The van der Waals surface area contributed by atoms with Crippen LogP contribution in [0.5, 0.6) is 23.0 Å². The molecule has 168 valence electrons. The topological polar surface area (TPSA) is 66.0 Å². The molecule has 0 bridgehead atoms. The highest BCUT2D eigenvalue weighted by Gasteiger charge is 2.18. The molecule has 0 heterocycles. The molecule has 0 saturated heterocycles. The molecule has 32 heavy (non-hydrogen) atoms. The molecule has 0 spiro atoms. The van der Waals surface area contributed by atoms with E-state index in [1.807, 2.05) is 49.4 Å². The fraction of sp³-hybridized carbons (Fsp3) is 0.269. The van der Waals surface area contributed by atoms with Gasteiger partial charge in [-0.3, -0.25) is 4.79 Å². The third kappa shape index (κ3) is 5.72. The smallest absolute Gasteiger partial charge is 0.251 e. The lowest BCUT2D eigenvalue weighted by Gasteiger charge is -2.16. The number of hydrogen-bond donors (Lipinski definition) is 1. The molecule has 0 aliphatic carbocycles. The summed E-state index contributed by atoms with van der Waals surface area (Å²) in [6.45, 7) is 2.86. The van der Waals surface area contributed by atoms with E-state index in [-0.39, 0.29) is 5.91 Å². The van der Waals surface area contributed by atoms with Crippen molar-refractivity contribution in [3.8, 4) is 23.0 Å². The number of carbonyl (C=O) groups excluding carboxylic acids is 1. The van der Waals surface area contributed by atoms with E-state index in [0.29, 0.717) is 42.4 Å². The second kappa shape index (κ2) is 11.1. The van der Waals surface area contributed by atoms with Crippen LogP contribution >= 0.6 is 0 Å². The standard InChI is InChI=1S/C26H29NO5/c1-18-10-11-22(29-2)20(14-18)12-13-27-26(28)21-15-23(30-3)25(24(16-21)31-4)32-17-19-8-6-5-7-9-19/h5-11,14-16H,12-13,17H2,1-4H3,(H,27,28). The molecule has 6 heteroatoms. The maximum Gasteiger partial charge on any atom is 0.251 e. The number of carbonyl (C=O) groups is 1. The van der Waals surface area contributed by atoms with Gasteiger partial charge < -0.3 is 24.3 Å². The zero-order valence-electron chi connectivity index (χ0n) is 18.9. The van der Waals surface area contributed by atoms with Crippen molar-refractivity contribution in [1.82, 2.24) is 5.32 Å². The predicted molar refractivity (Wildman–Crippen MR) is 124 cm³/mol. The van der Waals surface area contributed by atoms with Gasteiger partial charge in [-0.1, -0.05) is 48.0 Å². The number of hydrogen-bond acceptors (Lipinski definition) is 5. The Balaban J connectivity index is 1.70. The van der Waals surface area contributed by atoms with Crippen LogP contribution in [0.15, 0.2) is 60.7 Å². The van der Waals surface area contributed by atoms with Gasteiger partial charge in [0.15, 0.2) is 11.5 Å². The predicted octanol–water partition coefficient (Wildman–Crippen LogP) is 4.57. The summed E-state index contributed by atoms with van der Waals surface area (Å²) in [4.78, 5) is 12.8. The molecular formula is C26H29NO5. The lowest BCUT2D eigenvalue weighted by atomic mass is 10.1. The Morgan fingerprint density at radius 2 is 1.50 bits per heavy atom. The summed E-state index contributed by atoms with van der Waals surface area (Å²) >= 11 is 0. The molecule has 0 fully saturated rings. The minimum absolute atomic E-state index is 0.220. The minimum atomic E-state index is -0.220. The van der Waals surface area contributed by atoms with Crippen LogP contribution in [-0.4, -0.2) is 33.8 Å². The molecule has 0 unspecified atom stereocenters. The highest BCUT2D eigenvalue weighted by atomic mass is 16.5. The zero-order chi connectivity index (χ0) is 22.9. The van der Waals surface area contributed by atoms with E-state index < -0.39 is 0 Å². The first-order valence-corrected chi connectivity index (χ1v) is 10.4. The molecule has 3 rings (SSSR count). The van der Waals surface area contributed by atoms with Crippen LogP contribution in [0.1, 0.15) is 27.0 Å². The number of amides is 1. The maximum atomic E-state index is 12.8. The molecule has 0 radical (unpaired) electrons. The van der Waals surface area contributed by atoms with E-state index in [1.54, 1.807) is 19.2 Å². The Morgan fingerprint density at radius 3 is 2.12 bits per heavy atom. The van der Waals surface area contributed by atoms with Crippen molar-refractivity contribution >= 4 is 5.91 Å². The fourth-order valence-corrected chi connectivity index (χ4v) is 3.40. The normalized spacial score (nSPS) is 10.4. The molecule has 1 N–H and O–H groups in total. The zero-order valence-corrected chi connectivity index (χ0v) is 18.9. The number of nitrogens with one attached hydrogen (secondary N) is 1. The Labute approximate surface area is 189 Å². The van der Waals surface area contributed by atoms with Crippen LogP contribution in [0, 0.1) is 6.92 Å². The summed E-state index contributed by atoms with van der Waals surface area (Å²) in [6, 6.07) is 19.1. The average molecular weight is 436 g/mol. The molecule has 3 aromatic rings. The molecule has 0 atom stereocenters. The molecule has 0 aliphatic heterocycles. The van der Waals surface area contributed by atoms with E-state index in [4.69, 9.17) is 18.9 Å². The quantitative estimate of drug-likeness (QED) is 0.505. The molecule has 0 aromatic heterocycles. The molecule has 1 amide bonds. The van der Waals surface area contributed by atoms with Crippen molar-refractivity contribution < 1.29 is 23.7 Å². The Hall–Kier alpha value is -3.67. The van der Waals surface area contributed by atoms with Gasteiger partial charge in [0.05, 0.1) is 21.3 Å². The van der Waals surface area contributed by atoms with Crippen molar-refractivity contribution in [2.45, 2.75) is 20.0 Å². The van der Waals surface area contributed by atoms with Gasteiger partial charge in [0.25, 0.3) is 5.91 Å². The van der Waals surface area contributed by atoms with Gasteiger partial charge in [-0.15, -0.1) is 0 Å². The van der Waals surface area contributed by atoms with E-state index in [2.05, 4.69) is 11.4 Å². The number of methoxy groups -OCH3 is 3. The Bertz CT molecular complexity index is 1020. The highest BCUT2D eigenvalue weighted by Crippen LogP contribution is 2.39. The molecular weight excluding hydrogens is 406 g/mol. The first-order valence-electron chi connectivity index (χ1n) is 10.4. The van der Waals surface area contributed by atoms with Crippen molar-refractivity contribution in [1.29, 1.82) is 0 Å². The summed E-state index contributed by atoms with van der Waals surface area (Å²) in [5.41, 5.74) is 3.65. The van der Waals surface area contributed by atoms with E-state index >= 15 is 0 Å². The van der Waals surface area contributed by atoms with Gasteiger partial charge in [-0.25, -0.2) is 0 Å². The lowest BCUT2D eigenvalue weighted by molar-refractivity contribution is 0.0953. The molecule has 0 saturated carbocycles. The largest absolute Gasteiger partial charge is 0.496 e. The van der Waals surface area contributed by atoms with Crippen molar-refractivity contribution in [2.75, 3.05) is 27.9 Å². The summed E-state index contributed by atoms with van der Waals surface area (Å²) < 4.78 is 22.3. The van der Waals surface area contributed by atoms with Crippen molar-refractivity contribution in [2.24, 2.45) is 0 Å². The number of rotatable bonds is 10. The SMILES string of the molecule is COc1ccc(C)cc1CCNC(=O)c1cc(OC)c(OCc2ccccc2)c(OC)c1. The number of ether oxygens (including phenoxy) is 4. The minimum Gasteiger partial charge on any atom is -0.496 e. The van der Waals surface area contributed by atoms with Gasteiger partial charge in [-0.05, 0) is 42.7 Å². The molecule has 0 aliphatic rings. The van der Waals surface area contributed by atoms with Crippen LogP contribution in [0.2, 0.25) is 0 Å². The first kappa shape index (κ1) is 23.0. The van der Waals surface area contributed by atoms with E-state index in [1.165, 1.54) is 14.2 Å². The van der Waals surface area contributed by atoms with E-state index in [9.17, 15) is 4.79 Å². The summed E-state index contributed by atoms with van der Waals surface area (Å²) in [5.74, 6) is 1.92. The maximum absolute atomic E-state index is 12.8. The summed E-state index contributed by atoms with van der Waals surface area (Å²) in [6.07, 6.45) is 0.656. The van der Waals surface area contributed by atoms with Gasteiger partial charge in [0.2, 0.25) is 5.75 Å².